The Morgan fingerprint density at radius 1 is 0.536 bits per heavy atom. The molecule has 0 nitrogen and oxygen atoms in total. The zero-order valence-electron chi connectivity index (χ0n) is 14.9. The van der Waals surface area contributed by atoms with Gasteiger partial charge < -0.3 is 0 Å². The van der Waals surface area contributed by atoms with Crippen LogP contribution < -0.4 is 0 Å². The lowest BCUT2D eigenvalue weighted by Gasteiger charge is -2.13. The number of thiophene rings is 1. The highest BCUT2D eigenvalue weighted by Gasteiger charge is 2.11. The van der Waals surface area contributed by atoms with Crippen LogP contribution in [0.1, 0.15) is 0 Å². The molecule has 0 bridgehead atoms. The third-order valence-corrected chi connectivity index (χ3v) is 4.74. The van der Waals surface area contributed by atoms with Crippen molar-refractivity contribution in [3.8, 4) is 33.4 Å². The molecule has 3 aromatic carbocycles. The lowest BCUT2D eigenvalue weighted by Crippen LogP contribution is -1.87. The number of hydrogen-bond donors (Lipinski definition) is 0. The summed E-state index contributed by atoms with van der Waals surface area (Å²) in [5, 5.41) is 4.35. The van der Waals surface area contributed by atoms with E-state index in [1.807, 2.05) is 0 Å². The van der Waals surface area contributed by atoms with Crippen molar-refractivity contribution < 1.29 is 13.2 Å². The predicted molar refractivity (Wildman–Crippen MR) is 118 cm³/mol. The minimum absolute atomic E-state index is 0. The lowest BCUT2D eigenvalue weighted by molar-refractivity contribution is 0.00819. The van der Waals surface area contributed by atoms with E-state index in [1.165, 1.54) is 33.4 Å². The Morgan fingerprint density at radius 2 is 0.964 bits per heavy atom. The van der Waals surface area contributed by atoms with Crippen LogP contribution in [-0.4, -0.2) is 6.68 Å². The first kappa shape index (κ1) is 21.8. The average molecular weight is 417 g/mol. The van der Waals surface area contributed by atoms with E-state index >= 15 is 0 Å². The second kappa shape index (κ2) is 10.7. The molecule has 0 fully saturated rings. The van der Waals surface area contributed by atoms with Gasteiger partial charge in [-0.25, -0.2) is 0 Å². The van der Waals surface area contributed by atoms with Crippen molar-refractivity contribution in [1.29, 1.82) is 0 Å². The summed E-state index contributed by atoms with van der Waals surface area (Å²) in [6, 6.07) is 30.1. The van der Waals surface area contributed by atoms with Crippen molar-refractivity contribution in [1.82, 2.24) is 0 Å². The molecule has 0 N–H and O–H groups in total. The van der Waals surface area contributed by atoms with E-state index in [1.54, 1.807) is 11.3 Å². The fourth-order valence-corrected chi connectivity index (χ4v) is 3.63. The molecule has 0 atom stereocenters. The van der Waals surface area contributed by atoms with Gasteiger partial charge in [0, 0.05) is 0 Å². The van der Waals surface area contributed by atoms with Gasteiger partial charge in [0.2, 0.25) is 0 Å². The number of alkyl halides is 3. The van der Waals surface area contributed by atoms with Gasteiger partial charge in [-0.05, 0) is 50.2 Å². The van der Waals surface area contributed by atoms with Gasteiger partial charge in [0.25, 0.3) is 0 Å². The van der Waals surface area contributed by atoms with Crippen LogP contribution in [0.25, 0.3) is 33.4 Å². The Kier molecular flexibility index (Phi) is 8.36. The molecular weight excluding hydrogens is 397 g/mol. The molecule has 5 heteroatoms. The van der Waals surface area contributed by atoms with Gasteiger partial charge in [-0.3, -0.25) is 0 Å². The molecule has 0 aliphatic heterocycles. The molecule has 0 amide bonds. The fraction of sp³-hybridized carbons (Fsp3) is 0.0435. The first-order valence-electron chi connectivity index (χ1n) is 8.35. The van der Waals surface area contributed by atoms with Gasteiger partial charge in [-0.15, -0.1) is 0 Å². The third-order valence-electron chi connectivity index (χ3n) is 4.06. The van der Waals surface area contributed by atoms with Crippen molar-refractivity contribution in [2.45, 2.75) is 6.68 Å². The van der Waals surface area contributed by atoms with Crippen LogP contribution in [0.3, 0.4) is 0 Å². The molecule has 1 heterocycles. The summed E-state index contributed by atoms with van der Waals surface area (Å²) in [7, 11) is 0. The van der Waals surface area contributed by atoms with Crippen LogP contribution in [0.2, 0.25) is 0 Å². The Bertz CT molecular complexity index is 965. The molecule has 28 heavy (non-hydrogen) atoms. The highest BCUT2D eigenvalue weighted by molar-refractivity contribution is 7.59. The van der Waals surface area contributed by atoms with E-state index in [0.717, 1.165) is 0 Å². The van der Waals surface area contributed by atoms with E-state index in [9.17, 15) is 13.2 Å². The van der Waals surface area contributed by atoms with Gasteiger partial charge >= 0.3 is 6.68 Å². The zero-order chi connectivity index (χ0) is 19.1. The van der Waals surface area contributed by atoms with Crippen molar-refractivity contribution >= 4 is 24.8 Å². The molecule has 1 aromatic heterocycles. The SMILES string of the molecule is FC(F)F.S.c1ccc(-c2ccccc2-c2ccccc2-c2ccsc2)cc1. The van der Waals surface area contributed by atoms with Crippen molar-refractivity contribution in [3.05, 3.63) is 95.7 Å². The number of rotatable bonds is 3. The Hall–Kier alpha value is -2.50. The first-order chi connectivity index (χ1) is 13.2. The molecule has 0 spiro atoms. The number of hydrogen-bond acceptors (Lipinski definition) is 1. The number of benzene rings is 3. The summed E-state index contributed by atoms with van der Waals surface area (Å²) < 4.78 is 29.0. The quantitative estimate of drug-likeness (QED) is 0.317. The van der Waals surface area contributed by atoms with Gasteiger partial charge in [-0.1, -0.05) is 78.9 Å². The van der Waals surface area contributed by atoms with Gasteiger partial charge in [0.1, 0.15) is 0 Å². The summed E-state index contributed by atoms with van der Waals surface area (Å²) in [4.78, 5) is 0. The maximum Gasteiger partial charge on any atom is 0.379 e. The minimum atomic E-state index is -3.67. The zero-order valence-corrected chi connectivity index (χ0v) is 16.7. The molecule has 0 radical (unpaired) electrons. The molecule has 0 saturated carbocycles. The molecule has 144 valence electrons. The van der Waals surface area contributed by atoms with E-state index in [-0.39, 0.29) is 13.5 Å². The second-order valence-corrected chi connectivity index (χ2v) is 6.50. The summed E-state index contributed by atoms with van der Waals surface area (Å²) in [6.45, 7) is -3.67. The summed E-state index contributed by atoms with van der Waals surface area (Å²) in [6.07, 6.45) is 0. The van der Waals surface area contributed by atoms with Crippen molar-refractivity contribution in [2.75, 3.05) is 0 Å². The van der Waals surface area contributed by atoms with Crippen LogP contribution >= 0.6 is 24.8 Å². The van der Waals surface area contributed by atoms with Crippen molar-refractivity contribution in [3.63, 3.8) is 0 Å². The normalized spacial score (nSPS) is 10.0. The van der Waals surface area contributed by atoms with Crippen LogP contribution in [0.4, 0.5) is 13.2 Å². The second-order valence-electron chi connectivity index (χ2n) is 5.72. The summed E-state index contributed by atoms with van der Waals surface area (Å²) in [5.41, 5.74) is 7.66. The smallest absolute Gasteiger partial charge is 0.197 e. The first-order valence-corrected chi connectivity index (χ1v) is 9.29. The van der Waals surface area contributed by atoms with E-state index in [2.05, 4.69) is 95.7 Å². The Morgan fingerprint density at radius 3 is 1.43 bits per heavy atom. The summed E-state index contributed by atoms with van der Waals surface area (Å²) in [5.74, 6) is 0. The summed E-state index contributed by atoms with van der Waals surface area (Å²) >= 11 is 1.74. The Balaban J connectivity index is 0.000000515. The largest absolute Gasteiger partial charge is 0.379 e. The molecule has 0 aliphatic carbocycles. The molecular formula is C23H19F3S2. The van der Waals surface area contributed by atoms with E-state index < -0.39 is 6.68 Å². The topological polar surface area (TPSA) is 0 Å². The lowest BCUT2D eigenvalue weighted by atomic mass is 9.90. The van der Waals surface area contributed by atoms with Crippen LogP contribution in [0.15, 0.2) is 95.7 Å². The average Bonchev–Trinajstić information content (AvgIpc) is 3.23. The molecule has 0 unspecified atom stereocenters. The highest BCUT2D eigenvalue weighted by atomic mass is 32.1. The Labute approximate surface area is 173 Å². The van der Waals surface area contributed by atoms with E-state index in [4.69, 9.17) is 0 Å². The van der Waals surface area contributed by atoms with Crippen LogP contribution in [0.5, 0.6) is 0 Å². The third kappa shape index (κ3) is 5.50. The fourth-order valence-electron chi connectivity index (χ4n) is 2.97. The molecule has 4 rings (SSSR count). The predicted octanol–water partition coefficient (Wildman–Crippen LogP) is 8.04. The maximum absolute atomic E-state index is 9.67. The van der Waals surface area contributed by atoms with Crippen molar-refractivity contribution in [2.24, 2.45) is 0 Å². The molecule has 0 aliphatic rings. The van der Waals surface area contributed by atoms with E-state index in [0.29, 0.717) is 0 Å². The van der Waals surface area contributed by atoms with Crippen LogP contribution in [0, 0.1) is 0 Å². The van der Waals surface area contributed by atoms with Gasteiger partial charge in [-0.2, -0.15) is 38.0 Å². The van der Waals surface area contributed by atoms with Crippen LogP contribution in [-0.2, 0) is 0 Å². The monoisotopic (exact) mass is 416 g/mol. The standard InChI is InChI=1S/C22H16S.CHF3.H2S/c1-2-8-17(9-3-1)19-10-4-6-12-21(19)22-13-7-5-11-20(22)18-14-15-23-16-18;2-1(3)4;/h1-16H;1H;1H2. The van der Waals surface area contributed by atoms with Gasteiger partial charge in [0.15, 0.2) is 0 Å². The minimum Gasteiger partial charge on any atom is -0.197 e. The molecule has 0 saturated heterocycles. The molecule has 4 aromatic rings. The number of halogens is 3. The highest BCUT2D eigenvalue weighted by Crippen LogP contribution is 2.38. The van der Waals surface area contributed by atoms with Gasteiger partial charge in [0.05, 0.1) is 0 Å². The maximum atomic E-state index is 9.67.